The molecule has 3 aromatic heterocycles. The Morgan fingerprint density at radius 3 is 2.33 bits per heavy atom. The quantitative estimate of drug-likeness (QED) is 0.652. The van der Waals surface area contributed by atoms with Crippen molar-refractivity contribution in [3.05, 3.63) is 36.7 Å². The molecule has 0 radical (unpaired) electrons. The first-order valence-electron chi connectivity index (χ1n) is 9.08. The van der Waals surface area contributed by atoms with Crippen molar-refractivity contribution in [2.45, 2.75) is 19.3 Å². The number of piperidine rings is 1. The third kappa shape index (κ3) is 5.01. The largest absolute Gasteiger partial charge is 0.481 e. The second-order valence-corrected chi connectivity index (χ2v) is 6.10. The first kappa shape index (κ1) is 18.8. The van der Waals surface area contributed by atoms with E-state index in [1.165, 1.54) is 32.4 Å². The van der Waals surface area contributed by atoms with Crippen LogP contribution in [0, 0.1) is 0 Å². The summed E-state index contributed by atoms with van der Waals surface area (Å²) in [7, 11) is 3.39. The molecule has 4 heterocycles. The van der Waals surface area contributed by atoms with Crippen LogP contribution in [0.25, 0.3) is 22.5 Å². The fourth-order valence-corrected chi connectivity index (χ4v) is 2.76. The molecule has 27 heavy (non-hydrogen) atoms. The summed E-state index contributed by atoms with van der Waals surface area (Å²) < 4.78 is 5.36. The van der Waals surface area contributed by atoms with Crippen LogP contribution in [-0.4, -0.2) is 52.6 Å². The minimum Gasteiger partial charge on any atom is -0.481 e. The normalized spacial score (nSPS) is 13.4. The van der Waals surface area contributed by atoms with Crippen molar-refractivity contribution in [3.8, 4) is 28.4 Å². The zero-order chi connectivity index (χ0) is 18.9. The summed E-state index contributed by atoms with van der Waals surface area (Å²) in [6.07, 6.45) is 7.73. The van der Waals surface area contributed by atoms with E-state index in [0.717, 1.165) is 11.1 Å². The molecule has 0 bridgehead atoms. The number of nitrogens with one attached hydrogen (secondary N) is 3. The zero-order valence-corrected chi connectivity index (χ0v) is 15.7. The van der Waals surface area contributed by atoms with Crippen molar-refractivity contribution >= 4 is 5.82 Å². The Labute approximate surface area is 158 Å². The number of ether oxygens (including phenoxy) is 1. The number of anilines is 1. The van der Waals surface area contributed by atoms with Crippen molar-refractivity contribution in [3.63, 3.8) is 0 Å². The van der Waals surface area contributed by atoms with E-state index in [2.05, 4.69) is 36.0 Å². The fraction of sp³-hybridized carbons (Fsp3) is 0.368. The van der Waals surface area contributed by atoms with Gasteiger partial charge in [-0.1, -0.05) is 6.42 Å². The third-order valence-electron chi connectivity index (χ3n) is 4.25. The number of aromatic amines is 1. The lowest BCUT2D eigenvalue weighted by Crippen LogP contribution is -2.21. The minimum absolute atomic E-state index is 0.522. The zero-order valence-electron chi connectivity index (χ0n) is 15.7. The lowest BCUT2D eigenvalue weighted by atomic mass is 10.1. The lowest BCUT2D eigenvalue weighted by Gasteiger charge is -2.08. The molecule has 142 valence electrons. The van der Waals surface area contributed by atoms with Gasteiger partial charge < -0.3 is 15.4 Å². The van der Waals surface area contributed by atoms with E-state index in [1.54, 1.807) is 26.6 Å². The van der Waals surface area contributed by atoms with Gasteiger partial charge in [-0.2, -0.15) is 5.10 Å². The van der Waals surface area contributed by atoms with Crippen molar-refractivity contribution in [2.75, 3.05) is 32.6 Å². The van der Waals surface area contributed by atoms with Crippen molar-refractivity contribution in [2.24, 2.45) is 0 Å². The van der Waals surface area contributed by atoms with Crippen LogP contribution in [0.3, 0.4) is 0 Å². The van der Waals surface area contributed by atoms with E-state index in [4.69, 9.17) is 4.74 Å². The highest BCUT2D eigenvalue weighted by molar-refractivity contribution is 5.70. The number of aromatic nitrogens is 5. The number of rotatable bonds is 4. The average Bonchev–Trinajstić information content (AvgIpc) is 3.30. The van der Waals surface area contributed by atoms with Crippen LogP contribution < -0.4 is 15.4 Å². The summed E-state index contributed by atoms with van der Waals surface area (Å²) in [6, 6.07) is 7.52. The summed E-state index contributed by atoms with van der Waals surface area (Å²) in [6.45, 7) is 2.50. The maximum absolute atomic E-state index is 5.36. The van der Waals surface area contributed by atoms with Crippen LogP contribution in [0.15, 0.2) is 36.7 Å². The van der Waals surface area contributed by atoms with Gasteiger partial charge in [-0.15, -0.1) is 10.2 Å². The van der Waals surface area contributed by atoms with Gasteiger partial charge in [0, 0.05) is 24.4 Å². The molecular formula is C19H25N7O. The molecule has 0 aromatic carbocycles. The Bertz CT molecular complexity index is 803. The van der Waals surface area contributed by atoms with Gasteiger partial charge in [0.1, 0.15) is 11.5 Å². The Hall–Kier alpha value is -3.00. The average molecular weight is 367 g/mol. The molecule has 1 saturated heterocycles. The molecule has 1 aliphatic rings. The molecule has 0 atom stereocenters. The maximum Gasteiger partial charge on any atom is 0.221 e. The number of pyridine rings is 1. The number of hydrogen-bond donors (Lipinski definition) is 3. The van der Waals surface area contributed by atoms with Crippen molar-refractivity contribution < 1.29 is 4.74 Å². The van der Waals surface area contributed by atoms with Crippen LogP contribution in [-0.2, 0) is 0 Å². The van der Waals surface area contributed by atoms with E-state index >= 15 is 0 Å². The number of H-pyrrole nitrogens is 1. The molecule has 8 nitrogen and oxygen atoms in total. The fourth-order valence-electron chi connectivity index (χ4n) is 2.76. The van der Waals surface area contributed by atoms with Crippen molar-refractivity contribution in [1.82, 2.24) is 30.7 Å². The third-order valence-corrected chi connectivity index (χ3v) is 4.25. The summed E-state index contributed by atoms with van der Waals surface area (Å²) in [5.74, 6) is 1.23. The molecule has 4 rings (SSSR count). The van der Waals surface area contributed by atoms with Gasteiger partial charge in [0.2, 0.25) is 5.88 Å². The van der Waals surface area contributed by atoms with Crippen LogP contribution in [0.2, 0.25) is 0 Å². The summed E-state index contributed by atoms with van der Waals surface area (Å²) in [5.41, 5.74) is 3.18. The predicted molar refractivity (Wildman–Crippen MR) is 106 cm³/mol. The first-order chi connectivity index (χ1) is 13.3. The number of hydrogen-bond acceptors (Lipinski definition) is 7. The standard InChI is InChI=1S/C14H14N6O.C5H11N/c1-15-13-6-5-12(19-20-13)11-4-3-10(14(18-11)21-2)9-7-16-17-8-9;1-2-4-6-5-3-1/h3-8H,1-2H3,(H,15,20)(H,16,17);6H,1-5H2. The topological polar surface area (TPSA) is 101 Å². The second-order valence-electron chi connectivity index (χ2n) is 6.10. The van der Waals surface area contributed by atoms with E-state index in [9.17, 15) is 0 Å². The highest BCUT2D eigenvalue weighted by Crippen LogP contribution is 2.29. The van der Waals surface area contributed by atoms with Gasteiger partial charge in [0.25, 0.3) is 0 Å². The molecule has 0 saturated carbocycles. The van der Waals surface area contributed by atoms with Gasteiger partial charge in [0.05, 0.1) is 19.0 Å². The van der Waals surface area contributed by atoms with Gasteiger partial charge in [0.15, 0.2) is 0 Å². The molecule has 1 aliphatic heterocycles. The molecule has 0 spiro atoms. The van der Waals surface area contributed by atoms with Gasteiger partial charge in [-0.25, -0.2) is 4.98 Å². The summed E-state index contributed by atoms with van der Waals surface area (Å²) >= 11 is 0. The SMILES string of the molecule is C1CCNCC1.CNc1ccc(-c2ccc(-c3cn[nH]c3)c(OC)n2)nn1. The molecular weight excluding hydrogens is 342 g/mol. The van der Waals surface area contributed by atoms with Gasteiger partial charge >= 0.3 is 0 Å². The maximum atomic E-state index is 5.36. The Kier molecular flexibility index (Phi) is 6.70. The summed E-state index contributed by atoms with van der Waals surface area (Å²) in [4.78, 5) is 4.49. The predicted octanol–water partition coefficient (Wildman–Crippen LogP) is 2.74. The smallest absolute Gasteiger partial charge is 0.221 e. The van der Waals surface area contributed by atoms with E-state index < -0.39 is 0 Å². The van der Waals surface area contributed by atoms with Crippen LogP contribution in [0.5, 0.6) is 5.88 Å². The molecule has 1 fully saturated rings. The van der Waals surface area contributed by atoms with Gasteiger partial charge in [-0.3, -0.25) is 5.10 Å². The molecule has 3 aromatic rings. The lowest BCUT2D eigenvalue weighted by molar-refractivity contribution is 0.400. The monoisotopic (exact) mass is 367 g/mol. The minimum atomic E-state index is 0.522. The Morgan fingerprint density at radius 1 is 1.00 bits per heavy atom. The van der Waals surface area contributed by atoms with E-state index in [0.29, 0.717) is 23.1 Å². The second kappa shape index (κ2) is 9.63. The van der Waals surface area contributed by atoms with E-state index in [-0.39, 0.29) is 0 Å². The van der Waals surface area contributed by atoms with Crippen LogP contribution in [0.1, 0.15) is 19.3 Å². The first-order valence-corrected chi connectivity index (χ1v) is 9.08. The highest BCUT2D eigenvalue weighted by Gasteiger charge is 2.11. The molecule has 8 heteroatoms. The highest BCUT2D eigenvalue weighted by atomic mass is 16.5. The Balaban J connectivity index is 0.000000299. The van der Waals surface area contributed by atoms with E-state index in [1.807, 2.05) is 24.3 Å². The molecule has 0 unspecified atom stereocenters. The molecule has 0 amide bonds. The van der Waals surface area contributed by atoms with Gasteiger partial charge in [-0.05, 0) is 50.2 Å². The van der Waals surface area contributed by atoms with Crippen LogP contribution in [0.4, 0.5) is 5.82 Å². The number of nitrogens with zero attached hydrogens (tertiary/aromatic N) is 4. The Morgan fingerprint density at radius 2 is 1.81 bits per heavy atom. The number of methoxy groups -OCH3 is 1. The van der Waals surface area contributed by atoms with Crippen LogP contribution >= 0.6 is 0 Å². The molecule has 0 aliphatic carbocycles. The summed E-state index contributed by atoms with van der Waals surface area (Å²) in [5, 5.41) is 21.1. The van der Waals surface area contributed by atoms with Crippen molar-refractivity contribution in [1.29, 1.82) is 0 Å². The molecule has 3 N–H and O–H groups in total.